The van der Waals surface area contributed by atoms with E-state index in [0.29, 0.717) is 0 Å². The minimum Gasteiger partial charge on any atom is -0.378 e. The lowest BCUT2D eigenvalue weighted by Crippen LogP contribution is -2.39. The van der Waals surface area contributed by atoms with Gasteiger partial charge < -0.3 is 15.5 Å². The normalized spacial score (nSPS) is 9.75. The summed E-state index contributed by atoms with van der Waals surface area (Å²) in [7, 11) is 3.87. The molecule has 0 unspecified atom stereocenters. The molecule has 0 radical (unpaired) electrons. The Bertz CT molecular complexity index is 484. The number of nitrogens with one attached hydrogen (secondary N) is 2. The van der Waals surface area contributed by atoms with Crippen LogP contribution >= 0.6 is 0 Å². The van der Waals surface area contributed by atoms with Crippen molar-refractivity contribution in [3.63, 3.8) is 0 Å². The fourth-order valence-electron chi connectivity index (χ4n) is 1.57. The molecule has 0 atom stereocenters. The van der Waals surface area contributed by atoms with Gasteiger partial charge in [-0.25, -0.2) is 0 Å². The van der Waals surface area contributed by atoms with Crippen molar-refractivity contribution in [2.45, 2.75) is 6.17 Å². The monoisotopic (exact) mass is 273 g/mol. The van der Waals surface area contributed by atoms with Crippen LogP contribution in [-0.2, 0) is 9.59 Å². The topological polar surface area (TPSA) is 61.4 Å². The molecule has 2 amide bonds. The molecule has 0 saturated carbocycles. The Kier molecular flexibility index (Phi) is 5.53. The Labute approximate surface area is 119 Å². The Hall–Kier alpha value is -2.56. The average Bonchev–Trinajstić information content (AvgIpc) is 2.46. The largest absolute Gasteiger partial charge is 0.378 e. The molecule has 1 aromatic rings. The van der Waals surface area contributed by atoms with E-state index < -0.39 is 6.17 Å². The number of rotatable bonds is 6. The second-order valence-corrected chi connectivity index (χ2v) is 4.34. The Balaban J connectivity index is 2.96. The molecule has 0 aliphatic heterocycles. The van der Waals surface area contributed by atoms with E-state index in [9.17, 15) is 9.59 Å². The van der Waals surface area contributed by atoms with Gasteiger partial charge >= 0.3 is 0 Å². The number of hydrogen-bond acceptors (Lipinski definition) is 3. The summed E-state index contributed by atoms with van der Waals surface area (Å²) in [6.45, 7) is 6.78. The molecule has 1 rings (SSSR count). The molecular weight excluding hydrogens is 254 g/mol. The Morgan fingerprint density at radius 2 is 1.50 bits per heavy atom. The zero-order chi connectivity index (χ0) is 15.1. The van der Waals surface area contributed by atoms with Gasteiger partial charge in [-0.2, -0.15) is 0 Å². The second-order valence-electron chi connectivity index (χ2n) is 4.34. The summed E-state index contributed by atoms with van der Waals surface area (Å²) in [5.74, 6) is -0.730. The highest BCUT2D eigenvalue weighted by Crippen LogP contribution is 2.16. The molecule has 20 heavy (non-hydrogen) atoms. The fraction of sp³-hybridized carbons (Fsp3) is 0.200. The van der Waals surface area contributed by atoms with Crippen LogP contribution in [0.3, 0.4) is 0 Å². The lowest BCUT2D eigenvalue weighted by atomic mass is 10.1. The minimum absolute atomic E-state index is 0.365. The Morgan fingerprint density at radius 3 is 1.85 bits per heavy atom. The van der Waals surface area contributed by atoms with Gasteiger partial charge in [0.2, 0.25) is 11.8 Å². The number of amides is 2. The first-order valence-corrected chi connectivity index (χ1v) is 6.11. The van der Waals surface area contributed by atoms with Gasteiger partial charge in [0.1, 0.15) is 6.17 Å². The predicted molar refractivity (Wildman–Crippen MR) is 80.2 cm³/mol. The second kappa shape index (κ2) is 7.13. The lowest BCUT2D eigenvalue weighted by molar-refractivity contribution is -0.119. The van der Waals surface area contributed by atoms with E-state index in [4.69, 9.17) is 0 Å². The molecule has 106 valence electrons. The van der Waals surface area contributed by atoms with Gasteiger partial charge in [-0.15, -0.1) is 0 Å². The van der Waals surface area contributed by atoms with E-state index in [0.717, 1.165) is 23.4 Å². The molecule has 2 N–H and O–H groups in total. The van der Waals surface area contributed by atoms with Crippen molar-refractivity contribution in [3.8, 4) is 0 Å². The number of nitrogens with zero attached hydrogens (tertiary/aromatic N) is 1. The smallest absolute Gasteiger partial charge is 0.245 e. The lowest BCUT2D eigenvalue weighted by Gasteiger charge is -2.20. The van der Waals surface area contributed by atoms with E-state index in [2.05, 4.69) is 23.8 Å². The summed E-state index contributed by atoms with van der Waals surface area (Å²) in [6, 6.07) is 7.49. The maximum Gasteiger partial charge on any atom is 0.245 e. The first kappa shape index (κ1) is 15.5. The van der Waals surface area contributed by atoms with Crippen molar-refractivity contribution in [1.29, 1.82) is 0 Å². The van der Waals surface area contributed by atoms with Crippen molar-refractivity contribution in [1.82, 2.24) is 10.6 Å². The van der Waals surface area contributed by atoms with E-state index in [1.54, 1.807) is 0 Å². The van der Waals surface area contributed by atoms with Crippen LogP contribution in [0.2, 0.25) is 0 Å². The molecule has 0 heterocycles. The summed E-state index contributed by atoms with van der Waals surface area (Å²) in [5, 5.41) is 5.29. The molecule has 0 aliphatic carbocycles. The molecule has 0 spiro atoms. The first-order chi connectivity index (χ1) is 9.47. The van der Waals surface area contributed by atoms with Crippen molar-refractivity contribution in [2.75, 3.05) is 19.0 Å². The quantitative estimate of drug-likeness (QED) is 0.607. The number of carbonyl (C=O) groups excluding carboxylic acids is 2. The molecule has 5 heteroatoms. The van der Waals surface area contributed by atoms with Crippen LogP contribution in [0.1, 0.15) is 11.7 Å². The van der Waals surface area contributed by atoms with E-state index in [1.165, 1.54) is 0 Å². The average molecular weight is 273 g/mol. The van der Waals surface area contributed by atoms with Crippen LogP contribution in [0, 0.1) is 0 Å². The molecular formula is C15H19N3O2. The van der Waals surface area contributed by atoms with Crippen LogP contribution < -0.4 is 15.5 Å². The molecule has 0 saturated heterocycles. The van der Waals surface area contributed by atoms with Gasteiger partial charge in [0.15, 0.2) is 0 Å². The van der Waals surface area contributed by atoms with Crippen molar-refractivity contribution in [2.24, 2.45) is 0 Å². The maximum absolute atomic E-state index is 11.4. The van der Waals surface area contributed by atoms with Gasteiger partial charge in [-0.05, 0) is 29.8 Å². The van der Waals surface area contributed by atoms with Gasteiger partial charge in [0.05, 0.1) is 0 Å². The number of hydrogen-bond donors (Lipinski definition) is 2. The third-order valence-corrected chi connectivity index (χ3v) is 2.69. The van der Waals surface area contributed by atoms with Gasteiger partial charge in [0, 0.05) is 19.8 Å². The molecule has 5 nitrogen and oxygen atoms in total. The number of anilines is 1. The summed E-state index contributed by atoms with van der Waals surface area (Å²) in [4.78, 5) is 24.8. The molecule has 0 aliphatic rings. The summed E-state index contributed by atoms with van der Waals surface area (Å²) < 4.78 is 0. The third-order valence-electron chi connectivity index (χ3n) is 2.69. The summed E-state index contributed by atoms with van der Waals surface area (Å²) >= 11 is 0. The molecule has 0 aromatic heterocycles. The van der Waals surface area contributed by atoms with Crippen molar-refractivity contribution < 1.29 is 9.59 Å². The standard InChI is InChI=1S/C15H19N3O2/c1-5-13(19)16-15(17-14(20)6-2)11-7-9-12(10-8-11)18(3)4/h5-10,15H,1-2H2,3-4H3,(H,16,19)(H,17,20). The van der Waals surface area contributed by atoms with Crippen molar-refractivity contribution in [3.05, 3.63) is 55.1 Å². The first-order valence-electron chi connectivity index (χ1n) is 6.11. The number of benzene rings is 1. The molecule has 1 aromatic carbocycles. The van der Waals surface area contributed by atoms with Crippen LogP contribution in [0.25, 0.3) is 0 Å². The zero-order valence-corrected chi connectivity index (χ0v) is 11.7. The van der Waals surface area contributed by atoms with E-state index >= 15 is 0 Å². The third kappa shape index (κ3) is 4.28. The zero-order valence-electron chi connectivity index (χ0n) is 11.7. The minimum atomic E-state index is -0.623. The summed E-state index contributed by atoms with van der Waals surface area (Å²) in [6.07, 6.45) is 1.69. The highest BCUT2D eigenvalue weighted by molar-refractivity contribution is 5.89. The predicted octanol–water partition coefficient (Wildman–Crippen LogP) is 1.36. The maximum atomic E-state index is 11.4. The Morgan fingerprint density at radius 1 is 1.05 bits per heavy atom. The molecule has 0 fully saturated rings. The van der Waals surface area contributed by atoms with Gasteiger partial charge in [-0.1, -0.05) is 25.3 Å². The highest BCUT2D eigenvalue weighted by atomic mass is 16.2. The number of carbonyl (C=O) groups is 2. The van der Waals surface area contributed by atoms with Gasteiger partial charge in [0.25, 0.3) is 0 Å². The summed E-state index contributed by atoms with van der Waals surface area (Å²) in [5.41, 5.74) is 1.79. The highest BCUT2D eigenvalue weighted by Gasteiger charge is 2.14. The van der Waals surface area contributed by atoms with Crippen LogP contribution in [0.4, 0.5) is 5.69 Å². The van der Waals surface area contributed by atoms with Crippen LogP contribution in [0.15, 0.2) is 49.6 Å². The van der Waals surface area contributed by atoms with Crippen LogP contribution in [-0.4, -0.2) is 25.9 Å². The molecule has 0 bridgehead atoms. The van der Waals surface area contributed by atoms with E-state index in [-0.39, 0.29) is 11.8 Å². The van der Waals surface area contributed by atoms with Gasteiger partial charge in [-0.3, -0.25) is 9.59 Å². The van der Waals surface area contributed by atoms with Crippen LogP contribution in [0.5, 0.6) is 0 Å². The fourth-order valence-corrected chi connectivity index (χ4v) is 1.57. The van der Waals surface area contributed by atoms with Crippen molar-refractivity contribution >= 4 is 17.5 Å². The SMILES string of the molecule is C=CC(=O)NC(NC(=O)C=C)c1ccc(N(C)C)cc1. The van der Waals surface area contributed by atoms with E-state index in [1.807, 2.05) is 43.3 Å².